The smallest absolute Gasteiger partial charge is 0.319 e. The van der Waals surface area contributed by atoms with Crippen molar-refractivity contribution < 1.29 is 22.7 Å². The van der Waals surface area contributed by atoms with Crippen LogP contribution in [0, 0.1) is 5.92 Å². The van der Waals surface area contributed by atoms with E-state index in [-0.39, 0.29) is 16.8 Å². The van der Waals surface area contributed by atoms with E-state index in [0.717, 1.165) is 0 Å². The van der Waals surface area contributed by atoms with Gasteiger partial charge in [-0.15, -0.1) is 0 Å². The number of benzene rings is 1. The predicted molar refractivity (Wildman–Crippen MR) is 112 cm³/mol. The molecule has 3 rings (SSSR count). The number of sulfonamides is 1. The molecule has 1 saturated heterocycles. The minimum absolute atomic E-state index is 0.203. The number of nitrogens with zero attached hydrogens (tertiary/aromatic N) is 2. The lowest BCUT2D eigenvalue weighted by Gasteiger charge is -2.31. The summed E-state index contributed by atoms with van der Waals surface area (Å²) in [6, 6.07) is 7.95. The number of rotatable bonds is 7. The zero-order valence-corrected chi connectivity index (χ0v) is 17.8. The number of pyridine rings is 1. The van der Waals surface area contributed by atoms with Gasteiger partial charge in [0, 0.05) is 38.1 Å². The van der Waals surface area contributed by atoms with E-state index in [1.165, 1.54) is 17.6 Å². The number of amides is 2. The van der Waals surface area contributed by atoms with Crippen LogP contribution >= 0.6 is 0 Å². The van der Waals surface area contributed by atoms with E-state index in [9.17, 15) is 13.2 Å². The lowest BCUT2D eigenvalue weighted by molar-refractivity contribution is 0.240. The van der Waals surface area contributed by atoms with E-state index in [0.29, 0.717) is 49.7 Å². The summed E-state index contributed by atoms with van der Waals surface area (Å²) in [7, 11) is -0.447. The van der Waals surface area contributed by atoms with Gasteiger partial charge >= 0.3 is 6.03 Å². The quantitative estimate of drug-likeness (QED) is 0.692. The second kappa shape index (κ2) is 9.77. The third-order valence-electron chi connectivity index (χ3n) is 5.05. The zero-order valence-electron chi connectivity index (χ0n) is 17.0. The Kier molecular flexibility index (Phi) is 7.11. The molecule has 1 aliphatic heterocycles. The van der Waals surface area contributed by atoms with Crippen LogP contribution < -0.4 is 20.1 Å². The lowest BCUT2D eigenvalue weighted by atomic mass is 9.98. The first kappa shape index (κ1) is 21.8. The molecule has 1 aromatic heterocycles. The number of carbonyl (C=O) groups excluding carboxylic acids is 1. The number of hydrogen-bond donors (Lipinski definition) is 2. The number of hydrogen-bond acceptors (Lipinski definition) is 6. The Morgan fingerprint density at radius 2 is 1.97 bits per heavy atom. The second-order valence-corrected chi connectivity index (χ2v) is 8.88. The molecule has 0 spiro atoms. The summed E-state index contributed by atoms with van der Waals surface area (Å²) in [6.45, 7) is 1.29. The van der Waals surface area contributed by atoms with E-state index in [4.69, 9.17) is 9.47 Å². The van der Waals surface area contributed by atoms with Crippen molar-refractivity contribution in [1.82, 2.24) is 14.6 Å². The Balaban J connectivity index is 1.48. The monoisotopic (exact) mass is 434 g/mol. The van der Waals surface area contributed by atoms with Crippen LogP contribution in [0.4, 0.5) is 10.5 Å². The predicted octanol–water partition coefficient (Wildman–Crippen LogP) is 2.32. The van der Waals surface area contributed by atoms with Crippen LogP contribution in [0.25, 0.3) is 0 Å². The first-order valence-electron chi connectivity index (χ1n) is 9.61. The molecule has 2 aromatic rings. The van der Waals surface area contributed by atoms with Crippen molar-refractivity contribution in [3.8, 4) is 11.5 Å². The Morgan fingerprint density at radius 1 is 1.20 bits per heavy atom. The minimum Gasteiger partial charge on any atom is -0.497 e. The van der Waals surface area contributed by atoms with Gasteiger partial charge in [0.05, 0.1) is 19.9 Å². The number of aromatic nitrogens is 1. The van der Waals surface area contributed by atoms with Gasteiger partial charge in [-0.2, -0.15) is 4.31 Å². The molecule has 2 N–H and O–H groups in total. The van der Waals surface area contributed by atoms with Crippen molar-refractivity contribution in [2.75, 3.05) is 39.2 Å². The summed E-state index contributed by atoms with van der Waals surface area (Å²) in [5, 5.41) is 5.61. The summed E-state index contributed by atoms with van der Waals surface area (Å²) in [6.07, 6.45) is 4.25. The van der Waals surface area contributed by atoms with Crippen LogP contribution in [0.1, 0.15) is 12.8 Å². The highest BCUT2D eigenvalue weighted by Crippen LogP contribution is 2.29. The van der Waals surface area contributed by atoms with Gasteiger partial charge in [0.1, 0.15) is 16.4 Å². The molecular weight excluding hydrogens is 408 g/mol. The number of anilines is 1. The third-order valence-corrected chi connectivity index (χ3v) is 6.94. The van der Waals surface area contributed by atoms with Crippen molar-refractivity contribution in [1.29, 1.82) is 0 Å². The van der Waals surface area contributed by atoms with Gasteiger partial charge in [-0.3, -0.25) is 4.98 Å². The number of ether oxygens (including phenoxy) is 2. The van der Waals surface area contributed by atoms with E-state index in [1.807, 2.05) is 0 Å². The molecule has 9 nitrogen and oxygen atoms in total. The Hall–Kier alpha value is -2.85. The van der Waals surface area contributed by atoms with Crippen LogP contribution in [-0.2, 0) is 10.0 Å². The first-order valence-corrected chi connectivity index (χ1v) is 11.0. The maximum absolute atomic E-state index is 12.7. The minimum atomic E-state index is -3.52. The average Bonchev–Trinajstić information content (AvgIpc) is 2.78. The molecule has 162 valence electrons. The van der Waals surface area contributed by atoms with Crippen LogP contribution in [-0.4, -0.2) is 57.6 Å². The molecule has 2 heterocycles. The van der Waals surface area contributed by atoms with Crippen molar-refractivity contribution >= 4 is 21.7 Å². The standard InChI is InChI=1S/C20H26N4O5S/c1-28-16-5-6-18(19(12-16)29-2)23-20(25)22-13-15-7-10-24(11-8-15)30(26,27)17-4-3-9-21-14-17/h3-6,9,12,14-15H,7-8,10-11,13H2,1-2H3,(H2,22,23,25). The van der Waals surface area contributed by atoms with Gasteiger partial charge in [0.15, 0.2) is 0 Å². The molecule has 1 fully saturated rings. The summed E-state index contributed by atoms with van der Waals surface area (Å²) in [4.78, 5) is 16.4. The van der Waals surface area contributed by atoms with E-state index in [2.05, 4.69) is 15.6 Å². The molecular formula is C20H26N4O5S. The number of piperidine rings is 1. The van der Waals surface area contributed by atoms with Gasteiger partial charge < -0.3 is 20.1 Å². The van der Waals surface area contributed by atoms with Crippen molar-refractivity contribution in [3.05, 3.63) is 42.7 Å². The van der Waals surface area contributed by atoms with E-state index < -0.39 is 10.0 Å². The molecule has 0 unspecified atom stereocenters. The normalized spacial score (nSPS) is 15.4. The molecule has 0 saturated carbocycles. The molecule has 0 radical (unpaired) electrons. The number of methoxy groups -OCH3 is 2. The topological polar surface area (TPSA) is 110 Å². The van der Waals surface area contributed by atoms with Crippen molar-refractivity contribution in [2.45, 2.75) is 17.7 Å². The molecule has 0 aliphatic carbocycles. The highest BCUT2D eigenvalue weighted by atomic mass is 32.2. The maximum atomic E-state index is 12.7. The summed E-state index contributed by atoms with van der Waals surface area (Å²) in [5.41, 5.74) is 0.535. The maximum Gasteiger partial charge on any atom is 0.319 e. The molecule has 0 bridgehead atoms. The first-order chi connectivity index (χ1) is 14.4. The van der Waals surface area contributed by atoms with Crippen LogP contribution in [0.5, 0.6) is 11.5 Å². The average molecular weight is 435 g/mol. The molecule has 2 amide bonds. The highest BCUT2D eigenvalue weighted by molar-refractivity contribution is 7.89. The zero-order chi connectivity index (χ0) is 21.6. The highest BCUT2D eigenvalue weighted by Gasteiger charge is 2.29. The van der Waals surface area contributed by atoms with Crippen LogP contribution in [0.15, 0.2) is 47.6 Å². The fraction of sp³-hybridized carbons (Fsp3) is 0.400. The molecule has 10 heteroatoms. The fourth-order valence-electron chi connectivity index (χ4n) is 3.31. The number of nitrogens with one attached hydrogen (secondary N) is 2. The Morgan fingerprint density at radius 3 is 2.60 bits per heavy atom. The molecule has 30 heavy (non-hydrogen) atoms. The second-order valence-electron chi connectivity index (χ2n) is 6.94. The van der Waals surface area contributed by atoms with Gasteiger partial charge in [-0.25, -0.2) is 13.2 Å². The van der Waals surface area contributed by atoms with Crippen molar-refractivity contribution in [3.63, 3.8) is 0 Å². The largest absolute Gasteiger partial charge is 0.497 e. The summed E-state index contributed by atoms with van der Waals surface area (Å²) < 4.78 is 37.2. The number of carbonyl (C=O) groups is 1. The summed E-state index contributed by atoms with van der Waals surface area (Å²) in [5.74, 6) is 1.33. The van der Waals surface area contributed by atoms with Gasteiger partial charge in [0.25, 0.3) is 0 Å². The van der Waals surface area contributed by atoms with Crippen LogP contribution in [0.2, 0.25) is 0 Å². The molecule has 1 aromatic carbocycles. The van der Waals surface area contributed by atoms with Crippen molar-refractivity contribution in [2.24, 2.45) is 5.92 Å². The molecule has 1 aliphatic rings. The van der Waals surface area contributed by atoms with Crippen LogP contribution in [0.3, 0.4) is 0 Å². The van der Waals surface area contributed by atoms with Gasteiger partial charge in [0.2, 0.25) is 10.0 Å². The Labute approximate surface area is 176 Å². The number of urea groups is 1. The lowest BCUT2D eigenvalue weighted by Crippen LogP contribution is -2.42. The SMILES string of the molecule is COc1ccc(NC(=O)NCC2CCN(S(=O)(=O)c3cccnc3)CC2)c(OC)c1. The van der Waals surface area contributed by atoms with Gasteiger partial charge in [-0.05, 0) is 43.0 Å². The van der Waals surface area contributed by atoms with E-state index >= 15 is 0 Å². The summed E-state index contributed by atoms with van der Waals surface area (Å²) >= 11 is 0. The molecule has 0 atom stereocenters. The van der Waals surface area contributed by atoms with E-state index in [1.54, 1.807) is 43.6 Å². The fourth-order valence-corrected chi connectivity index (χ4v) is 4.74. The van der Waals surface area contributed by atoms with Gasteiger partial charge in [-0.1, -0.05) is 0 Å². The third kappa shape index (κ3) is 5.19. The Bertz CT molecular complexity index is 960.